The highest BCUT2D eigenvalue weighted by Crippen LogP contribution is 2.34. The third-order valence-corrected chi connectivity index (χ3v) is 2.84. The monoisotopic (exact) mass is 220 g/mol. The van der Waals surface area contributed by atoms with Gasteiger partial charge in [0.15, 0.2) is 0 Å². The van der Waals surface area contributed by atoms with Crippen LogP contribution in [0.2, 0.25) is 0 Å². The predicted molar refractivity (Wildman–Crippen MR) is 62.5 cm³/mol. The summed E-state index contributed by atoms with van der Waals surface area (Å²) < 4.78 is 4.96. The second-order valence-electron chi connectivity index (χ2n) is 3.84. The van der Waals surface area contributed by atoms with E-state index in [0.29, 0.717) is 13.2 Å². The summed E-state index contributed by atoms with van der Waals surface area (Å²) >= 11 is 0. The normalized spacial score (nSPS) is 19.0. The Hall–Kier alpha value is -1.39. The summed E-state index contributed by atoms with van der Waals surface area (Å²) in [5, 5.41) is 3.20. The van der Waals surface area contributed by atoms with Crippen LogP contribution < -0.4 is 10.2 Å². The summed E-state index contributed by atoms with van der Waals surface area (Å²) in [4.78, 5) is 13.7. The van der Waals surface area contributed by atoms with Crippen LogP contribution in [0.15, 0.2) is 24.3 Å². The van der Waals surface area contributed by atoms with E-state index in [1.165, 1.54) is 0 Å². The molecule has 1 atom stereocenters. The van der Waals surface area contributed by atoms with Crippen molar-refractivity contribution in [3.05, 3.63) is 29.8 Å². The Morgan fingerprint density at radius 1 is 1.44 bits per heavy atom. The molecule has 1 heterocycles. The van der Waals surface area contributed by atoms with Crippen LogP contribution in [0, 0.1) is 0 Å². The molecule has 0 radical (unpaired) electrons. The van der Waals surface area contributed by atoms with Crippen molar-refractivity contribution in [1.29, 1.82) is 0 Å². The zero-order valence-corrected chi connectivity index (χ0v) is 9.56. The number of ether oxygens (including phenoxy) is 1. The first-order valence-electron chi connectivity index (χ1n) is 5.34. The number of carbonyl (C=O) groups excluding carboxylic acids is 1. The molecule has 1 N–H and O–H groups in total. The molecule has 1 aromatic rings. The second kappa shape index (κ2) is 4.63. The molecule has 0 saturated carbocycles. The minimum atomic E-state index is -0.226. The molecule has 1 aliphatic heterocycles. The van der Waals surface area contributed by atoms with Gasteiger partial charge in [-0.15, -0.1) is 0 Å². The maximum Gasteiger partial charge on any atom is 0.248 e. The summed E-state index contributed by atoms with van der Waals surface area (Å²) in [5.74, 6) is 0.0947. The van der Waals surface area contributed by atoms with Crippen molar-refractivity contribution in [2.45, 2.75) is 6.04 Å². The van der Waals surface area contributed by atoms with Gasteiger partial charge in [0.25, 0.3) is 0 Å². The molecule has 4 heteroatoms. The zero-order valence-electron chi connectivity index (χ0n) is 9.56. The number of methoxy groups -OCH3 is 1. The lowest BCUT2D eigenvalue weighted by atomic mass is 10.1. The Kier molecular flexibility index (Phi) is 3.22. The minimum absolute atomic E-state index is 0.0947. The number of likely N-dealkylation sites (N-methyl/N-ethyl adjacent to an activating group) is 1. The number of hydrogen-bond donors (Lipinski definition) is 1. The standard InChI is InChI=1S/C12H16N2O2/c1-14-10-6-4-3-5-9(10)11(12(14)15)13-7-8-16-2/h3-6,11,13H,7-8H2,1-2H3. The summed E-state index contributed by atoms with van der Waals surface area (Å²) in [6.07, 6.45) is 0. The van der Waals surface area contributed by atoms with E-state index < -0.39 is 0 Å². The number of amides is 1. The molecular weight excluding hydrogens is 204 g/mol. The average molecular weight is 220 g/mol. The molecule has 0 saturated heterocycles. The van der Waals surface area contributed by atoms with Gasteiger partial charge in [0.1, 0.15) is 6.04 Å². The van der Waals surface area contributed by atoms with Crippen molar-refractivity contribution in [3.63, 3.8) is 0 Å². The number of benzene rings is 1. The number of nitrogens with zero attached hydrogens (tertiary/aromatic N) is 1. The largest absolute Gasteiger partial charge is 0.383 e. The fraction of sp³-hybridized carbons (Fsp3) is 0.417. The smallest absolute Gasteiger partial charge is 0.248 e. The Balaban J connectivity index is 2.17. The van der Waals surface area contributed by atoms with E-state index in [9.17, 15) is 4.79 Å². The van der Waals surface area contributed by atoms with Crippen LogP contribution in [0.3, 0.4) is 0 Å². The van der Waals surface area contributed by atoms with Crippen LogP contribution in [0.1, 0.15) is 11.6 Å². The number of fused-ring (bicyclic) bond motifs is 1. The summed E-state index contributed by atoms with van der Waals surface area (Å²) in [5.41, 5.74) is 2.04. The molecule has 2 rings (SSSR count). The molecule has 0 spiro atoms. The molecule has 1 amide bonds. The highest BCUT2D eigenvalue weighted by atomic mass is 16.5. The number of nitrogens with one attached hydrogen (secondary N) is 1. The van der Waals surface area contributed by atoms with Crippen molar-refractivity contribution in [2.75, 3.05) is 32.2 Å². The quantitative estimate of drug-likeness (QED) is 0.768. The summed E-state index contributed by atoms with van der Waals surface area (Å²) in [6, 6.07) is 7.62. The Morgan fingerprint density at radius 3 is 2.94 bits per heavy atom. The lowest BCUT2D eigenvalue weighted by Crippen LogP contribution is -2.33. The lowest BCUT2D eigenvalue weighted by molar-refractivity contribution is -0.119. The fourth-order valence-corrected chi connectivity index (χ4v) is 1.99. The van der Waals surface area contributed by atoms with Gasteiger partial charge < -0.3 is 9.64 Å². The van der Waals surface area contributed by atoms with Crippen molar-refractivity contribution in [1.82, 2.24) is 5.32 Å². The third-order valence-electron chi connectivity index (χ3n) is 2.84. The third kappa shape index (κ3) is 1.81. The number of hydrogen-bond acceptors (Lipinski definition) is 3. The van der Waals surface area contributed by atoms with Gasteiger partial charge in [-0.1, -0.05) is 18.2 Å². The number of carbonyl (C=O) groups is 1. The number of rotatable bonds is 4. The molecule has 0 bridgehead atoms. The molecule has 0 fully saturated rings. The Morgan fingerprint density at radius 2 is 2.19 bits per heavy atom. The van der Waals surface area contributed by atoms with Crippen LogP contribution in [-0.4, -0.2) is 33.2 Å². The van der Waals surface area contributed by atoms with Gasteiger partial charge in [-0.25, -0.2) is 0 Å². The van der Waals surface area contributed by atoms with E-state index in [-0.39, 0.29) is 11.9 Å². The highest BCUT2D eigenvalue weighted by Gasteiger charge is 2.33. The SMILES string of the molecule is COCCNC1C(=O)N(C)c2ccccc21. The predicted octanol–water partition coefficient (Wildman–Crippen LogP) is 0.940. The first-order chi connectivity index (χ1) is 7.75. The van der Waals surface area contributed by atoms with Crippen LogP contribution in [0.5, 0.6) is 0 Å². The Bertz CT molecular complexity index is 392. The van der Waals surface area contributed by atoms with Gasteiger partial charge in [-0.05, 0) is 6.07 Å². The lowest BCUT2D eigenvalue weighted by Gasteiger charge is -2.12. The van der Waals surface area contributed by atoms with Gasteiger partial charge in [0.05, 0.1) is 6.61 Å². The maximum atomic E-state index is 12.0. The van der Waals surface area contributed by atoms with Crippen LogP contribution in [-0.2, 0) is 9.53 Å². The van der Waals surface area contributed by atoms with E-state index >= 15 is 0 Å². The molecule has 1 aromatic carbocycles. The number of para-hydroxylation sites is 1. The molecule has 4 nitrogen and oxygen atoms in total. The first-order valence-corrected chi connectivity index (χ1v) is 5.34. The van der Waals surface area contributed by atoms with Gasteiger partial charge in [0, 0.05) is 32.0 Å². The first kappa shape index (κ1) is 11.1. The van der Waals surface area contributed by atoms with Crippen molar-refractivity contribution in [2.24, 2.45) is 0 Å². The minimum Gasteiger partial charge on any atom is -0.383 e. The van der Waals surface area contributed by atoms with Gasteiger partial charge in [0.2, 0.25) is 5.91 Å². The van der Waals surface area contributed by atoms with E-state index in [1.807, 2.05) is 24.3 Å². The van der Waals surface area contributed by atoms with Crippen LogP contribution >= 0.6 is 0 Å². The summed E-state index contributed by atoms with van der Waals surface area (Å²) in [7, 11) is 3.46. The van der Waals surface area contributed by atoms with Crippen molar-refractivity contribution >= 4 is 11.6 Å². The highest BCUT2D eigenvalue weighted by molar-refractivity contribution is 6.04. The van der Waals surface area contributed by atoms with Crippen LogP contribution in [0.4, 0.5) is 5.69 Å². The average Bonchev–Trinajstić information content (AvgIpc) is 2.55. The second-order valence-corrected chi connectivity index (χ2v) is 3.84. The van der Waals surface area contributed by atoms with E-state index in [1.54, 1.807) is 19.1 Å². The van der Waals surface area contributed by atoms with E-state index in [0.717, 1.165) is 11.3 Å². The van der Waals surface area contributed by atoms with E-state index in [2.05, 4.69) is 5.32 Å². The molecule has 0 aliphatic carbocycles. The molecule has 1 unspecified atom stereocenters. The van der Waals surface area contributed by atoms with Gasteiger partial charge in [-0.3, -0.25) is 10.1 Å². The number of anilines is 1. The fourth-order valence-electron chi connectivity index (χ4n) is 1.99. The van der Waals surface area contributed by atoms with Gasteiger partial charge >= 0.3 is 0 Å². The topological polar surface area (TPSA) is 41.6 Å². The maximum absolute atomic E-state index is 12.0. The molecule has 16 heavy (non-hydrogen) atoms. The van der Waals surface area contributed by atoms with Crippen LogP contribution in [0.25, 0.3) is 0 Å². The van der Waals surface area contributed by atoms with Crippen molar-refractivity contribution in [3.8, 4) is 0 Å². The van der Waals surface area contributed by atoms with Gasteiger partial charge in [-0.2, -0.15) is 0 Å². The van der Waals surface area contributed by atoms with E-state index in [4.69, 9.17) is 4.74 Å². The molecule has 86 valence electrons. The summed E-state index contributed by atoms with van der Waals surface area (Å²) in [6.45, 7) is 1.28. The molecule has 1 aliphatic rings. The molecular formula is C12H16N2O2. The Labute approximate surface area is 95.2 Å². The van der Waals surface area contributed by atoms with Crippen molar-refractivity contribution < 1.29 is 9.53 Å². The zero-order chi connectivity index (χ0) is 11.5. The molecule has 0 aromatic heterocycles.